The Kier molecular flexibility index (Phi) is 5.17. The van der Waals surface area contributed by atoms with Gasteiger partial charge >= 0.3 is 5.97 Å². The molecule has 0 unspecified atom stereocenters. The molecule has 0 atom stereocenters. The van der Waals surface area contributed by atoms with E-state index in [4.69, 9.17) is 5.11 Å². The van der Waals surface area contributed by atoms with Gasteiger partial charge in [0.1, 0.15) is 5.69 Å². The van der Waals surface area contributed by atoms with E-state index in [0.717, 1.165) is 4.31 Å². The zero-order chi connectivity index (χ0) is 15.3. The number of sulfonamides is 1. The molecule has 2 N–H and O–H groups in total. The standard InChI is InChI=1S/C11H15N3O5S/c1-14(2)20(18,19)7-6-13-10(15)9-8(11(16)17)4-3-5-12-9/h3-5H,6-7H2,1-2H3,(H,13,15)(H,16,17). The van der Waals surface area contributed by atoms with Crippen molar-refractivity contribution in [3.05, 3.63) is 29.6 Å². The lowest BCUT2D eigenvalue weighted by atomic mass is 10.2. The number of rotatable bonds is 6. The summed E-state index contributed by atoms with van der Waals surface area (Å²) in [6.07, 6.45) is 1.29. The van der Waals surface area contributed by atoms with Crippen LogP contribution >= 0.6 is 0 Å². The van der Waals surface area contributed by atoms with Crippen LogP contribution in [0.25, 0.3) is 0 Å². The van der Waals surface area contributed by atoms with E-state index in [0.29, 0.717) is 0 Å². The van der Waals surface area contributed by atoms with Crippen molar-refractivity contribution in [2.75, 3.05) is 26.4 Å². The summed E-state index contributed by atoms with van der Waals surface area (Å²) >= 11 is 0. The van der Waals surface area contributed by atoms with E-state index in [-0.39, 0.29) is 23.6 Å². The fourth-order valence-corrected chi connectivity index (χ4v) is 2.04. The third-order valence-electron chi connectivity index (χ3n) is 2.46. The quantitative estimate of drug-likeness (QED) is 0.724. The molecule has 0 aliphatic carbocycles. The van der Waals surface area contributed by atoms with Crippen LogP contribution < -0.4 is 5.32 Å². The third kappa shape index (κ3) is 4.00. The van der Waals surface area contributed by atoms with E-state index in [2.05, 4.69) is 10.3 Å². The lowest BCUT2D eigenvalue weighted by Crippen LogP contribution is -2.34. The molecule has 1 aromatic rings. The van der Waals surface area contributed by atoms with E-state index in [1.807, 2.05) is 0 Å². The first-order valence-corrected chi connectivity index (χ1v) is 7.23. The minimum atomic E-state index is -3.42. The minimum Gasteiger partial charge on any atom is -0.478 e. The second kappa shape index (κ2) is 6.44. The highest BCUT2D eigenvalue weighted by molar-refractivity contribution is 7.89. The molecular weight excluding hydrogens is 286 g/mol. The molecule has 1 heterocycles. The van der Waals surface area contributed by atoms with Crippen molar-refractivity contribution in [3.63, 3.8) is 0 Å². The summed E-state index contributed by atoms with van der Waals surface area (Å²) in [6.45, 7) is -0.130. The van der Waals surface area contributed by atoms with Gasteiger partial charge in [-0.15, -0.1) is 0 Å². The molecule has 9 heteroatoms. The van der Waals surface area contributed by atoms with Gasteiger partial charge in [-0.25, -0.2) is 17.5 Å². The molecule has 20 heavy (non-hydrogen) atoms. The SMILES string of the molecule is CN(C)S(=O)(=O)CCNC(=O)c1ncccc1C(=O)O. The first kappa shape index (κ1) is 16.1. The van der Waals surface area contributed by atoms with Gasteiger partial charge in [0.25, 0.3) is 5.91 Å². The molecule has 1 aromatic heterocycles. The van der Waals surface area contributed by atoms with Gasteiger partial charge in [0.05, 0.1) is 11.3 Å². The van der Waals surface area contributed by atoms with Crippen LogP contribution in [0, 0.1) is 0 Å². The molecule has 8 nitrogen and oxygen atoms in total. The molecule has 0 saturated carbocycles. The average molecular weight is 301 g/mol. The largest absolute Gasteiger partial charge is 0.478 e. The van der Waals surface area contributed by atoms with E-state index < -0.39 is 21.9 Å². The Hall–Kier alpha value is -2.00. The summed E-state index contributed by atoms with van der Waals surface area (Å²) in [4.78, 5) is 26.4. The Bertz CT molecular complexity index is 612. The maximum Gasteiger partial charge on any atom is 0.338 e. The van der Waals surface area contributed by atoms with Crippen molar-refractivity contribution in [1.82, 2.24) is 14.6 Å². The molecular formula is C11H15N3O5S. The smallest absolute Gasteiger partial charge is 0.338 e. The van der Waals surface area contributed by atoms with Crippen molar-refractivity contribution in [2.24, 2.45) is 0 Å². The zero-order valence-electron chi connectivity index (χ0n) is 11.0. The summed E-state index contributed by atoms with van der Waals surface area (Å²) < 4.78 is 24.0. The molecule has 0 spiro atoms. The number of nitrogens with one attached hydrogen (secondary N) is 1. The van der Waals surface area contributed by atoms with Gasteiger partial charge in [-0.2, -0.15) is 0 Å². The van der Waals surface area contributed by atoms with Crippen molar-refractivity contribution in [2.45, 2.75) is 0 Å². The van der Waals surface area contributed by atoms with Gasteiger partial charge in [-0.05, 0) is 12.1 Å². The summed E-state index contributed by atoms with van der Waals surface area (Å²) in [5, 5.41) is 11.3. The van der Waals surface area contributed by atoms with E-state index >= 15 is 0 Å². The fraction of sp³-hybridized carbons (Fsp3) is 0.364. The molecule has 0 saturated heterocycles. The maximum atomic E-state index is 11.8. The Labute approximate surface area is 116 Å². The van der Waals surface area contributed by atoms with Gasteiger partial charge in [0, 0.05) is 26.8 Å². The van der Waals surface area contributed by atoms with Crippen molar-refractivity contribution in [3.8, 4) is 0 Å². The van der Waals surface area contributed by atoms with Crippen LogP contribution in [0.4, 0.5) is 0 Å². The monoisotopic (exact) mass is 301 g/mol. The van der Waals surface area contributed by atoms with Crippen LogP contribution in [0.2, 0.25) is 0 Å². The van der Waals surface area contributed by atoms with Gasteiger partial charge in [0.15, 0.2) is 0 Å². The molecule has 1 amide bonds. The van der Waals surface area contributed by atoms with Gasteiger partial charge in [-0.3, -0.25) is 9.78 Å². The molecule has 0 aliphatic rings. The Morgan fingerprint density at radius 1 is 1.40 bits per heavy atom. The van der Waals surface area contributed by atoms with Gasteiger partial charge in [-0.1, -0.05) is 0 Å². The van der Waals surface area contributed by atoms with Crippen molar-refractivity contribution in [1.29, 1.82) is 0 Å². The molecule has 110 valence electrons. The lowest BCUT2D eigenvalue weighted by Gasteiger charge is -2.11. The number of aromatic carboxylic acids is 1. The number of hydrogen-bond acceptors (Lipinski definition) is 5. The normalized spacial score (nSPS) is 11.3. The summed E-state index contributed by atoms with van der Waals surface area (Å²) in [5.41, 5.74) is -0.484. The first-order valence-electron chi connectivity index (χ1n) is 5.62. The summed E-state index contributed by atoms with van der Waals surface area (Å²) in [7, 11) is -0.646. The number of nitrogens with zero attached hydrogens (tertiary/aromatic N) is 2. The molecule has 0 fully saturated rings. The van der Waals surface area contributed by atoms with Crippen molar-refractivity contribution >= 4 is 21.9 Å². The van der Waals surface area contributed by atoms with E-state index in [1.54, 1.807) is 0 Å². The molecule has 0 aromatic carbocycles. The van der Waals surface area contributed by atoms with E-state index in [1.165, 1.54) is 32.4 Å². The van der Waals surface area contributed by atoms with Gasteiger partial charge < -0.3 is 10.4 Å². The lowest BCUT2D eigenvalue weighted by molar-refractivity contribution is 0.0690. The molecule has 0 bridgehead atoms. The topological polar surface area (TPSA) is 117 Å². The highest BCUT2D eigenvalue weighted by atomic mass is 32.2. The molecule has 0 aliphatic heterocycles. The van der Waals surface area contributed by atoms with E-state index in [9.17, 15) is 18.0 Å². The highest BCUT2D eigenvalue weighted by Crippen LogP contribution is 2.05. The van der Waals surface area contributed by atoms with Crippen LogP contribution in [0.5, 0.6) is 0 Å². The number of carbonyl (C=O) groups is 2. The third-order valence-corrected chi connectivity index (χ3v) is 4.29. The predicted octanol–water partition coefficient (Wildman–Crippen LogP) is -0.599. The van der Waals surface area contributed by atoms with Crippen LogP contribution in [0.1, 0.15) is 20.8 Å². The molecule has 0 radical (unpaired) electrons. The first-order chi connectivity index (χ1) is 9.25. The fourth-order valence-electron chi connectivity index (χ4n) is 1.32. The number of aromatic nitrogens is 1. The van der Waals surface area contributed by atoms with Gasteiger partial charge in [0.2, 0.25) is 10.0 Å². The number of pyridine rings is 1. The Morgan fingerprint density at radius 2 is 2.05 bits per heavy atom. The second-order valence-electron chi connectivity index (χ2n) is 4.06. The Morgan fingerprint density at radius 3 is 2.60 bits per heavy atom. The van der Waals surface area contributed by atoms with Crippen LogP contribution in [-0.4, -0.2) is 61.1 Å². The van der Waals surface area contributed by atoms with Crippen LogP contribution in [0.15, 0.2) is 18.3 Å². The number of carbonyl (C=O) groups excluding carboxylic acids is 1. The number of amides is 1. The number of hydrogen-bond donors (Lipinski definition) is 2. The van der Waals surface area contributed by atoms with Crippen LogP contribution in [0.3, 0.4) is 0 Å². The zero-order valence-corrected chi connectivity index (χ0v) is 11.8. The maximum absolute atomic E-state index is 11.8. The highest BCUT2D eigenvalue weighted by Gasteiger charge is 2.18. The Balaban J connectivity index is 2.72. The molecule has 1 rings (SSSR count). The predicted molar refractivity (Wildman–Crippen MR) is 71.0 cm³/mol. The number of carboxylic acids is 1. The minimum absolute atomic E-state index is 0.130. The van der Waals surface area contributed by atoms with Crippen LogP contribution in [-0.2, 0) is 10.0 Å². The van der Waals surface area contributed by atoms with Crippen molar-refractivity contribution < 1.29 is 23.1 Å². The number of carboxylic acid groups (broad SMARTS) is 1. The summed E-state index contributed by atoms with van der Waals surface area (Å²) in [5.74, 6) is -2.28. The second-order valence-corrected chi connectivity index (χ2v) is 6.36. The summed E-state index contributed by atoms with van der Waals surface area (Å²) in [6, 6.07) is 2.65. The average Bonchev–Trinajstić information content (AvgIpc) is 2.38.